The summed E-state index contributed by atoms with van der Waals surface area (Å²) in [4.78, 5) is 11.9. The molecule has 0 aliphatic rings. The third-order valence-electron chi connectivity index (χ3n) is 4.94. The Hall–Kier alpha value is -1.71. The third-order valence-corrected chi connectivity index (χ3v) is 4.94. The molecular weight excluding hydrogens is 336 g/mol. The van der Waals surface area contributed by atoms with Gasteiger partial charge < -0.3 is 16.2 Å². The van der Waals surface area contributed by atoms with Gasteiger partial charge in [-0.2, -0.15) is 0 Å². The molecule has 4 heteroatoms. The molecule has 0 fully saturated rings. The minimum absolute atomic E-state index is 0.344. The second-order valence-corrected chi connectivity index (χ2v) is 7.62. The van der Waals surface area contributed by atoms with Gasteiger partial charge in [0.25, 0.3) is 0 Å². The van der Waals surface area contributed by atoms with E-state index < -0.39 is 0 Å². The van der Waals surface area contributed by atoms with Gasteiger partial charge in [0.05, 0.1) is 12.2 Å². The summed E-state index contributed by atoms with van der Waals surface area (Å²) in [5.74, 6) is -0.344. The van der Waals surface area contributed by atoms with Crippen molar-refractivity contribution in [1.29, 1.82) is 0 Å². The number of benzene rings is 1. The first kappa shape index (κ1) is 23.3. The quantitative estimate of drug-likeness (QED) is 0.196. The number of hydrogen-bond donors (Lipinski definition) is 2. The molecule has 0 aliphatic heterocycles. The molecule has 154 valence electrons. The third kappa shape index (κ3) is 12.3. The molecule has 0 saturated carbocycles. The van der Waals surface area contributed by atoms with Gasteiger partial charge in [-0.1, -0.05) is 90.4 Å². The van der Waals surface area contributed by atoms with Crippen molar-refractivity contribution < 1.29 is 9.53 Å². The molecule has 0 atom stereocenters. The summed E-state index contributed by atoms with van der Waals surface area (Å²) in [7, 11) is 0. The van der Waals surface area contributed by atoms with Gasteiger partial charge in [0.2, 0.25) is 0 Å². The van der Waals surface area contributed by atoms with Crippen LogP contribution in [-0.2, 0) is 4.74 Å². The summed E-state index contributed by atoms with van der Waals surface area (Å²) < 4.78 is 5.30. The zero-order valence-electron chi connectivity index (χ0n) is 17.3. The summed E-state index contributed by atoms with van der Waals surface area (Å²) in [6, 6.07) is 4.83. The molecule has 0 heterocycles. The Morgan fingerprint density at radius 3 is 1.56 bits per heavy atom. The van der Waals surface area contributed by atoms with E-state index in [-0.39, 0.29) is 5.97 Å². The van der Waals surface area contributed by atoms with Crippen LogP contribution < -0.4 is 11.5 Å². The van der Waals surface area contributed by atoms with Crippen molar-refractivity contribution in [2.24, 2.45) is 0 Å². The number of esters is 1. The molecule has 4 N–H and O–H groups in total. The van der Waals surface area contributed by atoms with Crippen molar-refractivity contribution >= 4 is 17.3 Å². The predicted octanol–water partition coefficient (Wildman–Crippen LogP) is 6.49. The fraction of sp³-hybridized carbons (Fsp3) is 0.696. The maximum absolute atomic E-state index is 11.9. The van der Waals surface area contributed by atoms with Gasteiger partial charge in [-0.3, -0.25) is 0 Å². The molecule has 0 spiro atoms. The SMILES string of the molecule is CCCCCCCCCCCCCCCCOC(=O)c1cc(N)cc(N)c1. The highest BCUT2D eigenvalue weighted by Gasteiger charge is 2.08. The van der Waals surface area contributed by atoms with Crippen molar-refractivity contribution in [2.45, 2.75) is 96.8 Å². The van der Waals surface area contributed by atoms with E-state index in [0.717, 1.165) is 12.8 Å². The maximum atomic E-state index is 11.9. The van der Waals surface area contributed by atoms with E-state index in [1.165, 1.54) is 77.0 Å². The van der Waals surface area contributed by atoms with Crippen LogP contribution in [0.2, 0.25) is 0 Å². The zero-order chi connectivity index (χ0) is 19.7. The average molecular weight is 377 g/mol. The van der Waals surface area contributed by atoms with E-state index in [0.29, 0.717) is 23.5 Å². The molecule has 0 radical (unpaired) electrons. The Labute approximate surface area is 166 Å². The van der Waals surface area contributed by atoms with Crippen molar-refractivity contribution in [2.75, 3.05) is 18.1 Å². The number of carbonyl (C=O) groups excluding carboxylic acids is 1. The minimum atomic E-state index is -0.344. The number of hydrogen-bond acceptors (Lipinski definition) is 4. The maximum Gasteiger partial charge on any atom is 0.338 e. The van der Waals surface area contributed by atoms with E-state index in [4.69, 9.17) is 16.2 Å². The molecule has 0 saturated heterocycles. The van der Waals surface area contributed by atoms with Crippen LogP contribution >= 0.6 is 0 Å². The van der Waals surface area contributed by atoms with Gasteiger partial charge in [0.1, 0.15) is 0 Å². The predicted molar refractivity (Wildman–Crippen MR) is 116 cm³/mol. The van der Waals surface area contributed by atoms with Crippen LogP contribution in [0.15, 0.2) is 18.2 Å². The lowest BCUT2D eigenvalue weighted by atomic mass is 10.0. The fourth-order valence-electron chi connectivity index (χ4n) is 3.34. The van der Waals surface area contributed by atoms with Gasteiger partial charge in [-0.25, -0.2) is 4.79 Å². The zero-order valence-corrected chi connectivity index (χ0v) is 17.3. The molecule has 1 rings (SSSR count). The van der Waals surface area contributed by atoms with E-state index in [9.17, 15) is 4.79 Å². The highest BCUT2D eigenvalue weighted by Crippen LogP contribution is 2.15. The van der Waals surface area contributed by atoms with Crippen LogP contribution in [0.25, 0.3) is 0 Å². The van der Waals surface area contributed by atoms with Crippen LogP contribution in [0.3, 0.4) is 0 Å². The first-order valence-electron chi connectivity index (χ1n) is 11.0. The molecule has 0 aromatic heterocycles. The largest absolute Gasteiger partial charge is 0.462 e. The van der Waals surface area contributed by atoms with Crippen molar-refractivity contribution in [3.8, 4) is 0 Å². The Morgan fingerprint density at radius 2 is 1.11 bits per heavy atom. The Morgan fingerprint density at radius 1 is 0.704 bits per heavy atom. The number of nitrogens with two attached hydrogens (primary N) is 2. The van der Waals surface area contributed by atoms with Crippen LogP contribution in [-0.4, -0.2) is 12.6 Å². The molecule has 0 unspecified atom stereocenters. The summed E-state index contributed by atoms with van der Waals surface area (Å²) in [6.07, 6.45) is 18.4. The number of anilines is 2. The number of ether oxygens (including phenoxy) is 1. The molecule has 0 aliphatic carbocycles. The summed E-state index contributed by atoms with van der Waals surface area (Å²) in [5, 5.41) is 0. The van der Waals surface area contributed by atoms with E-state index in [1.807, 2.05) is 0 Å². The number of carbonyl (C=O) groups is 1. The van der Waals surface area contributed by atoms with Gasteiger partial charge in [0, 0.05) is 11.4 Å². The van der Waals surface area contributed by atoms with Gasteiger partial charge in [0.15, 0.2) is 0 Å². The lowest BCUT2D eigenvalue weighted by molar-refractivity contribution is 0.0498. The fourth-order valence-corrected chi connectivity index (χ4v) is 3.34. The number of unbranched alkanes of at least 4 members (excludes halogenated alkanes) is 13. The molecule has 1 aromatic rings. The first-order chi connectivity index (χ1) is 13.1. The number of nitrogen functional groups attached to an aromatic ring is 2. The second kappa shape index (κ2) is 15.4. The second-order valence-electron chi connectivity index (χ2n) is 7.62. The van der Waals surface area contributed by atoms with Gasteiger partial charge in [-0.05, 0) is 24.6 Å². The van der Waals surface area contributed by atoms with E-state index >= 15 is 0 Å². The Kier molecular flexibility index (Phi) is 13.3. The smallest absolute Gasteiger partial charge is 0.338 e. The lowest BCUT2D eigenvalue weighted by Crippen LogP contribution is -2.07. The molecule has 0 bridgehead atoms. The summed E-state index contributed by atoms with van der Waals surface area (Å²) in [5.41, 5.74) is 12.8. The number of rotatable bonds is 16. The van der Waals surface area contributed by atoms with Crippen LogP contribution in [0.5, 0.6) is 0 Å². The lowest BCUT2D eigenvalue weighted by Gasteiger charge is -2.07. The molecule has 27 heavy (non-hydrogen) atoms. The first-order valence-corrected chi connectivity index (χ1v) is 11.0. The monoisotopic (exact) mass is 376 g/mol. The van der Waals surface area contributed by atoms with Crippen LogP contribution in [0.4, 0.5) is 11.4 Å². The minimum Gasteiger partial charge on any atom is -0.462 e. The van der Waals surface area contributed by atoms with E-state index in [2.05, 4.69) is 6.92 Å². The van der Waals surface area contributed by atoms with Crippen LogP contribution in [0, 0.1) is 0 Å². The van der Waals surface area contributed by atoms with Crippen molar-refractivity contribution in [3.05, 3.63) is 23.8 Å². The summed E-state index contributed by atoms with van der Waals surface area (Å²) in [6.45, 7) is 2.73. The standard InChI is InChI=1S/C23H40N2O2/c1-2-3-4-5-6-7-8-9-10-11-12-13-14-15-16-27-23(26)20-17-21(24)19-22(25)18-20/h17-19H,2-16,24-25H2,1H3. The molecule has 0 amide bonds. The molecular formula is C23H40N2O2. The van der Waals surface area contributed by atoms with Gasteiger partial charge in [-0.15, -0.1) is 0 Å². The normalized spacial score (nSPS) is 10.9. The molecule has 1 aromatic carbocycles. The van der Waals surface area contributed by atoms with Crippen molar-refractivity contribution in [3.63, 3.8) is 0 Å². The van der Waals surface area contributed by atoms with Gasteiger partial charge >= 0.3 is 5.97 Å². The highest BCUT2D eigenvalue weighted by atomic mass is 16.5. The molecule has 4 nitrogen and oxygen atoms in total. The Balaban J connectivity index is 1.88. The van der Waals surface area contributed by atoms with Crippen LogP contribution in [0.1, 0.15) is 107 Å². The van der Waals surface area contributed by atoms with Crippen molar-refractivity contribution in [1.82, 2.24) is 0 Å². The average Bonchev–Trinajstić information content (AvgIpc) is 2.64. The Bertz CT molecular complexity index is 497. The summed E-state index contributed by atoms with van der Waals surface area (Å²) >= 11 is 0. The highest BCUT2D eigenvalue weighted by molar-refractivity contribution is 5.91. The topological polar surface area (TPSA) is 78.3 Å². The van der Waals surface area contributed by atoms with E-state index in [1.54, 1.807) is 18.2 Å².